The number of benzene rings is 1. The van der Waals surface area contributed by atoms with E-state index in [4.69, 9.17) is 10.5 Å². The van der Waals surface area contributed by atoms with Crippen LogP contribution in [-0.4, -0.2) is 42.6 Å². The highest BCUT2D eigenvalue weighted by Gasteiger charge is 2.40. The highest BCUT2D eigenvalue weighted by molar-refractivity contribution is 6.05. The highest BCUT2D eigenvalue weighted by Crippen LogP contribution is 2.42. The number of primary amides is 1. The first-order valence-electron chi connectivity index (χ1n) is 10.4. The van der Waals surface area contributed by atoms with Crippen LogP contribution in [0.2, 0.25) is 0 Å². The van der Waals surface area contributed by atoms with E-state index in [0.717, 1.165) is 12.3 Å². The molecule has 1 aliphatic heterocycles. The molecule has 0 radical (unpaired) electrons. The fourth-order valence-corrected chi connectivity index (χ4v) is 3.63. The Morgan fingerprint density at radius 3 is 2.53 bits per heavy atom. The molecule has 0 saturated heterocycles. The number of hydrogen-bond acceptors (Lipinski definition) is 8. The van der Waals surface area contributed by atoms with Crippen molar-refractivity contribution in [2.45, 2.75) is 38.6 Å². The fourth-order valence-electron chi connectivity index (χ4n) is 3.63. The minimum absolute atomic E-state index is 0.0114. The first-order valence-corrected chi connectivity index (χ1v) is 10.4. The zero-order valence-electron chi connectivity index (χ0n) is 19.0. The Balaban J connectivity index is 1.69. The van der Waals surface area contributed by atoms with Crippen molar-refractivity contribution in [2.24, 2.45) is 5.73 Å². The van der Waals surface area contributed by atoms with Gasteiger partial charge in [-0.05, 0) is 32.9 Å². The molecule has 188 valence electrons. The Hall–Kier alpha value is -4.56. The third kappa shape index (κ3) is 4.54. The number of nitrogens with one attached hydrogen (secondary N) is 2. The maximum absolute atomic E-state index is 13.6. The number of fused-ring (bicyclic) bond motifs is 1. The van der Waals surface area contributed by atoms with E-state index in [0.29, 0.717) is 6.07 Å². The molecule has 0 spiro atoms. The number of cyclic esters (lactones) is 1. The van der Waals surface area contributed by atoms with Crippen molar-refractivity contribution in [3.63, 3.8) is 0 Å². The monoisotopic (exact) mass is 504 g/mol. The van der Waals surface area contributed by atoms with Gasteiger partial charge in [-0.15, -0.1) is 0 Å². The second-order valence-corrected chi connectivity index (χ2v) is 8.32. The van der Waals surface area contributed by atoms with Gasteiger partial charge in [0.2, 0.25) is 0 Å². The van der Waals surface area contributed by atoms with E-state index in [9.17, 15) is 27.6 Å². The van der Waals surface area contributed by atoms with E-state index in [1.807, 2.05) is 0 Å². The lowest BCUT2D eigenvalue weighted by molar-refractivity contribution is -0.137. The van der Waals surface area contributed by atoms with Crippen LogP contribution in [0.5, 0.6) is 0 Å². The van der Waals surface area contributed by atoms with Gasteiger partial charge in [-0.1, -0.05) is 0 Å². The molecule has 15 heteroatoms. The Morgan fingerprint density at radius 1 is 1.19 bits per heavy atom. The van der Waals surface area contributed by atoms with Crippen molar-refractivity contribution in [2.75, 3.05) is 5.32 Å². The Labute approximate surface area is 201 Å². The smallest absolute Gasteiger partial charge is 0.416 e. The van der Waals surface area contributed by atoms with Gasteiger partial charge >= 0.3 is 12.3 Å². The standard InChI is InChI=1S/C21H19F3N8O4/c1-9(17-28-8-29-32(17)14-7-26-13(6-27-14)16(25)33)30-18(34)11-4-10(21(22,23)24)5-12-15(11)31-19(35)36-20(12,2)3/h4-9H,1-3H3,(H2,25,33)(H,30,34)(H,31,35)/t9-/m0/s1. The van der Waals surface area contributed by atoms with Gasteiger partial charge in [0.15, 0.2) is 11.6 Å². The largest absolute Gasteiger partial charge is 0.438 e. The van der Waals surface area contributed by atoms with Crippen LogP contribution < -0.4 is 16.4 Å². The number of halogens is 3. The van der Waals surface area contributed by atoms with Crippen molar-refractivity contribution < 1.29 is 32.3 Å². The third-order valence-corrected chi connectivity index (χ3v) is 5.35. The van der Waals surface area contributed by atoms with Gasteiger partial charge in [-0.2, -0.15) is 23.0 Å². The molecule has 4 N–H and O–H groups in total. The molecule has 0 fully saturated rings. The topological polar surface area (TPSA) is 167 Å². The number of carbonyl (C=O) groups is 3. The summed E-state index contributed by atoms with van der Waals surface area (Å²) < 4.78 is 47.2. The summed E-state index contributed by atoms with van der Waals surface area (Å²) >= 11 is 0. The lowest BCUT2D eigenvalue weighted by Gasteiger charge is -2.34. The number of carbonyl (C=O) groups excluding carboxylic acids is 3. The van der Waals surface area contributed by atoms with Gasteiger partial charge in [0.1, 0.15) is 17.6 Å². The molecule has 0 unspecified atom stereocenters. The zero-order chi connectivity index (χ0) is 26.4. The molecule has 36 heavy (non-hydrogen) atoms. The average molecular weight is 504 g/mol. The van der Waals surface area contributed by atoms with E-state index in [1.165, 1.54) is 38.0 Å². The van der Waals surface area contributed by atoms with Crippen LogP contribution in [0.4, 0.5) is 23.7 Å². The number of amides is 3. The summed E-state index contributed by atoms with van der Waals surface area (Å²) in [5.74, 6) is -1.37. The number of hydrogen-bond donors (Lipinski definition) is 3. The van der Waals surface area contributed by atoms with Gasteiger partial charge in [-0.25, -0.2) is 19.7 Å². The number of aromatic nitrogens is 5. The normalized spacial score (nSPS) is 15.3. The van der Waals surface area contributed by atoms with Crippen LogP contribution in [0.1, 0.15) is 64.6 Å². The molecule has 1 aromatic carbocycles. The van der Waals surface area contributed by atoms with Crippen molar-refractivity contribution in [3.05, 3.63) is 59.1 Å². The Morgan fingerprint density at radius 2 is 1.92 bits per heavy atom. The van der Waals surface area contributed by atoms with Crippen LogP contribution in [0.15, 0.2) is 30.9 Å². The van der Waals surface area contributed by atoms with Crippen molar-refractivity contribution in [1.29, 1.82) is 0 Å². The van der Waals surface area contributed by atoms with Crippen LogP contribution in [0.3, 0.4) is 0 Å². The molecule has 3 heterocycles. The quantitative estimate of drug-likeness (QED) is 0.476. The molecule has 3 aromatic rings. The minimum Gasteiger partial charge on any atom is -0.438 e. The van der Waals surface area contributed by atoms with Gasteiger partial charge in [0, 0.05) is 5.56 Å². The second kappa shape index (κ2) is 8.58. The van der Waals surface area contributed by atoms with Crippen LogP contribution >= 0.6 is 0 Å². The van der Waals surface area contributed by atoms with E-state index in [-0.39, 0.29) is 28.6 Å². The Kier molecular flexibility index (Phi) is 5.86. The SMILES string of the molecule is C[C@H](NC(=O)c1cc(C(F)(F)F)cc2c1NC(=O)OC2(C)C)c1ncnn1-c1cnc(C(N)=O)cn1. The van der Waals surface area contributed by atoms with Crippen LogP contribution in [-0.2, 0) is 16.5 Å². The predicted molar refractivity (Wildman–Crippen MR) is 116 cm³/mol. The molecule has 3 amide bonds. The number of ether oxygens (including phenoxy) is 1. The van der Waals surface area contributed by atoms with Gasteiger partial charge in [-0.3, -0.25) is 14.9 Å². The number of nitrogens with zero attached hydrogens (tertiary/aromatic N) is 5. The molecule has 0 aliphatic carbocycles. The third-order valence-electron chi connectivity index (χ3n) is 5.35. The maximum Gasteiger partial charge on any atom is 0.416 e. The summed E-state index contributed by atoms with van der Waals surface area (Å²) in [6, 6.07) is 0.604. The van der Waals surface area contributed by atoms with Crippen LogP contribution in [0, 0.1) is 0 Å². The molecule has 0 saturated carbocycles. The lowest BCUT2D eigenvalue weighted by atomic mass is 9.89. The maximum atomic E-state index is 13.6. The summed E-state index contributed by atoms with van der Waals surface area (Å²) in [5, 5.41) is 8.91. The lowest BCUT2D eigenvalue weighted by Crippen LogP contribution is -2.37. The van der Waals surface area contributed by atoms with Crippen LogP contribution in [0.25, 0.3) is 5.82 Å². The number of rotatable bonds is 5. The van der Waals surface area contributed by atoms with Crippen molar-refractivity contribution >= 4 is 23.6 Å². The summed E-state index contributed by atoms with van der Waals surface area (Å²) in [5.41, 5.74) is 2.06. The van der Waals surface area contributed by atoms with Gasteiger partial charge < -0.3 is 15.8 Å². The molecule has 2 aromatic heterocycles. The number of alkyl halides is 3. The minimum atomic E-state index is -4.76. The highest BCUT2D eigenvalue weighted by atomic mass is 19.4. The summed E-state index contributed by atoms with van der Waals surface area (Å²) in [6.07, 6.45) is -2.15. The molecule has 1 aliphatic rings. The summed E-state index contributed by atoms with van der Waals surface area (Å²) in [4.78, 5) is 48.4. The second-order valence-electron chi connectivity index (χ2n) is 8.32. The predicted octanol–water partition coefficient (Wildman–Crippen LogP) is 2.46. The van der Waals surface area contributed by atoms with Gasteiger partial charge in [0.25, 0.3) is 11.8 Å². The fraction of sp³-hybridized carbons (Fsp3) is 0.286. The van der Waals surface area contributed by atoms with E-state index in [1.54, 1.807) is 0 Å². The summed E-state index contributed by atoms with van der Waals surface area (Å²) in [7, 11) is 0. The molecule has 12 nitrogen and oxygen atoms in total. The van der Waals surface area contributed by atoms with E-state index < -0.39 is 46.9 Å². The molecule has 1 atom stereocenters. The molecule has 4 rings (SSSR count). The first-order chi connectivity index (χ1) is 16.8. The van der Waals surface area contributed by atoms with Crippen molar-refractivity contribution in [3.8, 4) is 5.82 Å². The Bertz CT molecular complexity index is 1370. The average Bonchev–Trinajstić information content (AvgIpc) is 3.27. The van der Waals surface area contributed by atoms with Gasteiger partial charge in [0.05, 0.1) is 35.2 Å². The number of anilines is 1. The molecular weight excluding hydrogens is 485 g/mol. The molecular formula is C21H19F3N8O4. The number of nitrogens with two attached hydrogens (primary N) is 1. The van der Waals surface area contributed by atoms with Crippen molar-refractivity contribution in [1.82, 2.24) is 30.0 Å². The first kappa shape index (κ1) is 24.6. The summed E-state index contributed by atoms with van der Waals surface area (Å²) in [6.45, 7) is 4.36. The van der Waals surface area contributed by atoms with E-state index >= 15 is 0 Å². The molecule has 0 bridgehead atoms. The van der Waals surface area contributed by atoms with E-state index in [2.05, 4.69) is 30.7 Å². The zero-order valence-corrected chi connectivity index (χ0v) is 19.0.